The minimum atomic E-state index is -1.25. The molecule has 2 aromatic rings. The van der Waals surface area contributed by atoms with Crippen molar-refractivity contribution in [2.75, 3.05) is 17.7 Å². The second-order valence-corrected chi connectivity index (χ2v) is 6.69. The van der Waals surface area contributed by atoms with Gasteiger partial charge in [0.05, 0.1) is 24.3 Å². The van der Waals surface area contributed by atoms with Gasteiger partial charge in [-0.15, -0.1) is 0 Å². The van der Waals surface area contributed by atoms with Gasteiger partial charge < -0.3 is 25.3 Å². The van der Waals surface area contributed by atoms with Gasteiger partial charge in [-0.25, -0.2) is 0 Å². The first-order valence-corrected chi connectivity index (χ1v) is 9.20. The number of carboxylic acid groups (broad SMARTS) is 1. The summed E-state index contributed by atoms with van der Waals surface area (Å²) >= 11 is 0. The molecule has 2 atom stereocenters. The van der Waals surface area contributed by atoms with Crippen LogP contribution in [0, 0.1) is 11.8 Å². The van der Waals surface area contributed by atoms with E-state index >= 15 is 0 Å². The van der Waals surface area contributed by atoms with Gasteiger partial charge in [-0.3, -0.25) is 9.59 Å². The molecule has 0 bridgehead atoms. The summed E-state index contributed by atoms with van der Waals surface area (Å²) in [4.78, 5) is 36.8. The van der Waals surface area contributed by atoms with Gasteiger partial charge in [0.25, 0.3) is 5.91 Å². The number of aliphatic carboxylic acids is 1. The average Bonchev–Trinajstić information content (AvgIpc) is 2.74. The third-order valence-electron chi connectivity index (χ3n) is 4.85. The third-order valence-corrected chi connectivity index (χ3v) is 4.85. The molecule has 150 valence electrons. The van der Waals surface area contributed by atoms with Crippen molar-refractivity contribution in [3.05, 3.63) is 66.2 Å². The molecule has 0 saturated heterocycles. The number of methoxy groups -OCH3 is 1. The zero-order valence-corrected chi connectivity index (χ0v) is 15.9. The molecule has 0 radical (unpaired) electrons. The molecule has 0 spiro atoms. The molecule has 0 saturated carbocycles. The first-order valence-electron chi connectivity index (χ1n) is 9.20. The smallest absolute Gasteiger partial charge is 0.257 e. The Morgan fingerprint density at radius 1 is 0.931 bits per heavy atom. The molecule has 0 aliphatic heterocycles. The van der Waals surface area contributed by atoms with E-state index in [4.69, 9.17) is 4.74 Å². The van der Waals surface area contributed by atoms with Crippen molar-refractivity contribution in [1.82, 2.24) is 0 Å². The number of carbonyl (C=O) groups excluding carboxylic acids is 3. The molecule has 1 aliphatic rings. The minimum Gasteiger partial charge on any atom is -0.550 e. The molecule has 7 heteroatoms. The Morgan fingerprint density at radius 3 is 2.24 bits per heavy atom. The summed E-state index contributed by atoms with van der Waals surface area (Å²) in [5.41, 5.74) is 1.16. The van der Waals surface area contributed by atoms with Gasteiger partial charge in [0.2, 0.25) is 5.91 Å². The van der Waals surface area contributed by atoms with E-state index in [1.165, 1.54) is 0 Å². The Morgan fingerprint density at radius 2 is 1.59 bits per heavy atom. The second kappa shape index (κ2) is 9.05. The van der Waals surface area contributed by atoms with Gasteiger partial charge in [-0.1, -0.05) is 24.3 Å². The topological polar surface area (TPSA) is 108 Å². The quantitative estimate of drug-likeness (QED) is 0.732. The van der Waals surface area contributed by atoms with Crippen molar-refractivity contribution in [3.8, 4) is 5.75 Å². The molecular formula is C22H21N2O5-. The van der Waals surface area contributed by atoms with Crippen LogP contribution in [0.2, 0.25) is 0 Å². The summed E-state index contributed by atoms with van der Waals surface area (Å²) in [5.74, 6) is -3.07. The van der Waals surface area contributed by atoms with Gasteiger partial charge in [0.1, 0.15) is 5.75 Å². The number of amides is 2. The lowest BCUT2D eigenvalue weighted by Gasteiger charge is -2.28. The van der Waals surface area contributed by atoms with Gasteiger partial charge in [0.15, 0.2) is 0 Å². The average molecular weight is 393 g/mol. The number of hydrogen-bond acceptors (Lipinski definition) is 5. The Kier molecular flexibility index (Phi) is 6.29. The van der Waals surface area contributed by atoms with E-state index in [1.54, 1.807) is 67.8 Å². The van der Waals surface area contributed by atoms with Crippen molar-refractivity contribution < 1.29 is 24.2 Å². The largest absolute Gasteiger partial charge is 0.550 e. The van der Waals surface area contributed by atoms with E-state index in [9.17, 15) is 19.5 Å². The molecule has 2 aromatic carbocycles. The maximum Gasteiger partial charge on any atom is 0.257 e. The predicted octanol–water partition coefficient (Wildman–Crippen LogP) is 2.22. The molecule has 0 heterocycles. The first kappa shape index (κ1) is 20.1. The van der Waals surface area contributed by atoms with Crippen LogP contribution in [0.3, 0.4) is 0 Å². The second-order valence-electron chi connectivity index (χ2n) is 6.69. The summed E-state index contributed by atoms with van der Waals surface area (Å²) in [5, 5.41) is 16.8. The van der Waals surface area contributed by atoms with Crippen molar-refractivity contribution in [1.29, 1.82) is 0 Å². The first-order chi connectivity index (χ1) is 14.0. The zero-order valence-electron chi connectivity index (χ0n) is 15.9. The van der Waals surface area contributed by atoms with Crippen molar-refractivity contribution >= 4 is 29.2 Å². The molecule has 2 amide bonds. The van der Waals surface area contributed by atoms with Crippen LogP contribution in [0.15, 0.2) is 60.7 Å². The van der Waals surface area contributed by atoms with E-state index in [-0.39, 0.29) is 12.0 Å². The summed E-state index contributed by atoms with van der Waals surface area (Å²) in [6, 6.07) is 13.4. The van der Waals surface area contributed by atoms with Gasteiger partial charge in [0, 0.05) is 17.6 Å². The SMILES string of the molecule is COc1ccc(NC(=O)c2ccccc2NC(=O)[C@@H]2CC=CC[C@@H]2C(=O)[O-])cc1. The Balaban J connectivity index is 1.75. The fourth-order valence-electron chi connectivity index (χ4n) is 3.25. The highest BCUT2D eigenvalue weighted by atomic mass is 16.5. The summed E-state index contributed by atoms with van der Waals surface area (Å²) in [6.45, 7) is 0. The van der Waals surface area contributed by atoms with Crippen molar-refractivity contribution in [2.24, 2.45) is 11.8 Å². The number of carbonyl (C=O) groups is 3. The minimum absolute atomic E-state index is 0.250. The number of nitrogens with one attached hydrogen (secondary N) is 2. The Hall–Kier alpha value is -3.61. The van der Waals surface area contributed by atoms with Crippen LogP contribution in [0.4, 0.5) is 11.4 Å². The van der Waals surface area contributed by atoms with Crippen LogP contribution in [0.5, 0.6) is 5.75 Å². The number of allylic oxidation sites excluding steroid dienone is 2. The lowest BCUT2D eigenvalue weighted by atomic mass is 9.82. The maximum absolute atomic E-state index is 12.7. The highest BCUT2D eigenvalue weighted by molar-refractivity contribution is 6.10. The fourth-order valence-corrected chi connectivity index (χ4v) is 3.25. The van der Waals surface area contributed by atoms with Gasteiger partial charge in [-0.05, 0) is 49.2 Å². The van der Waals surface area contributed by atoms with E-state index < -0.39 is 29.6 Å². The summed E-state index contributed by atoms with van der Waals surface area (Å²) < 4.78 is 5.09. The predicted molar refractivity (Wildman–Crippen MR) is 106 cm³/mol. The van der Waals surface area contributed by atoms with Crippen LogP contribution in [-0.4, -0.2) is 24.9 Å². The fraction of sp³-hybridized carbons (Fsp3) is 0.227. The number of benzene rings is 2. The van der Waals surface area contributed by atoms with Crippen LogP contribution in [0.25, 0.3) is 0 Å². The maximum atomic E-state index is 12.7. The van der Waals surface area contributed by atoms with E-state index in [1.807, 2.05) is 0 Å². The Labute approximate surface area is 168 Å². The van der Waals surface area contributed by atoms with E-state index in [0.717, 1.165) is 0 Å². The number of carboxylic acids is 1. The summed E-state index contributed by atoms with van der Waals surface area (Å²) in [7, 11) is 1.56. The van der Waals surface area contributed by atoms with Gasteiger partial charge in [-0.2, -0.15) is 0 Å². The number of rotatable bonds is 6. The highest BCUT2D eigenvalue weighted by Gasteiger charge is 2.30. The number of anilines is 2. The van der Waals surface area contributed by atoms with E-state index in [2.05, 4.69) is 10.6 Å². The normalized spacial score (nSPS) is 18.0. The monoisotopic (exact) mass is 393 g/mol. The molecular weight excluding hydrogens is 372 g/mol. The Bertz CT molecular complexity index is 936. The molecule has 0 aromatic heterocycles. The molecule has 29 heavy (non-hydrogen) atoms. The van der Waals surface area contributed by atoms with Gasteiger partial charge >= 0.3 is 0 Å². The molecule has 3 rings (SSSR count). The van der Waals surface area contributed by atoms with Crippen molar-refractivity contribution in [2.45, 2.75) is 12.8 Å². The lowest BCUT2D eigenvalue weighted by molar-refractivity contribution is -0.313. The molecule has 0 fully saturated rings. The highest BCUT2D eigenvalue weighted by Crippen LogP contribution is 2.27. The lowest BCUT2D eigenvalue weighted by Crippen LogP contribution is -2.41. The summed E-state index contributed by atoms with van der Waals surface area (Å²) in [6.07, 6.45) is 4.08. The number of hydrogen-bond donors (Lipinski definition) is 2. The van der Waals surface area contributed by atoms with E-state index in [0.29, 0.717) is 23.5 Å². The van der Waals surface area contributed by atoms with Crippen LogP contribution >= 0.6 is 0 Å². The molecule has 7 nitrogen and oxygen atoms in total. The standard InChI is InChI=1S/C22H22N2O5/c1-29-15-12-10-14(11-13-15)23-21(26)18-8-4-5-9-19(18)24-20(25)16-6-2-3-7-17(16)22(27)28/h2-5,8-13,16-17H,6-7H2,1H3,(H,23,26)(H,24,25)(H,27,28)/p-1/t16-,17+/m1/s1. The molecule has 2 N–H and O–H groups in total. The van der Waals surface area contributed by atoms with Crippen LogP contribution in [0.1, 0.15) is 23.2 Å². The van der Waals surface area contributed by atoms with Crippen LogP contribution in [-0.2, 0) is 9.59 Å². The number of para-hydroxylation sites is 1. The molecule has 1 aliphatic carbocycles. The van der Waals surface area contributed by atoms with Crippen molar-refractivity contribution in [3.63, 3.8) is 0 Å². The zero-order chi connectivity index (χ0) is 20.8. The molecule has 0 unspecified atom stereocenters. The van der Waals surface area contributed by atoms with Crippen LogP contribution < -0.4 is 20.5 Å². The third kappa shape index (κ3) is 4.82. The number of ether oxygens (including phenoxy) is 1.